The van der Waals surface area contributed by atoms with Gasteiger partial charge in [-0.2, -0.15) is 8.78 Å². The molecule has 1 aliphatic rings. The van der Waals surface area contributed by atoms with Crippen molar-refractivity contribution in [3.8, 4) is 0 Å². The zero-order chi connectivity index (χ0) is 14.0. The maximum atomic E-state index is 12.7. The molecule has 0 aliphatic heterocycles. The summed E-state index contributed by atoms with van der Waals surface area (Å²) in [6.45, 7) is 1.05. The van der Waals surface area contributed by atoms with E-state index in [1.54, 1.807) is 0 Å². The van der Waals surface area contributed by atoms with Crippen molar-refractivity contribution in [2.24, 2.45) is 0 Å². The largest absolute Gasteiger partial charge is 0.319 e. The molecule has 0 bridgehead atoms. The van der Waals surface area contributed by atoms with Crippen molar-refractivity contribution in [2.75, 3.05) is 6.54 Å². The molecule has 0 unspecified atom stereocenters. The van der Waals surface area contributed by atoms with Crippen LogP contribution in [0.5, 0.6) is 0 Å². The zero-order valence-electron chi connectivity index (χ0n) is 10.7. The Labute approximate surface area is 110 Å². The minimum absolute atomic E-state index is 0.0871. The summed E-state index contributed by atoms with van der Waals surface area (Å²) in [5, 5.41) is 2.52. The lowest BCUT2D eigenvalue weighted by Gasteiger charge is -2.37. The van der Waals surface area contributed by atoms with Crippen molar-refractivity contribution in [1.29, 1.82) is 0 Å². The van der Waals surface area contributed by atoms with Crippen LogP contribution in [0.1, 0.15) is 29.9 Å². The highest BCUT2D eigenvalue weighted by Crippen LogP contribution is 2.37. The predicted molar refractivity (Wildman–Crippen MR) is 65.9 cm³/mol. The monoisotopic (exact) mass is 275 g/mol. The number of alkyl halides is 4. The van der Waals surface area contributed by atoms with E-state index in [4.69, 9.17) is 0 Å². The lowest BCUT2D eigenvalue weighted by Crippen LogP contribution is -2.47. The Morgan fingerprint density at radius 1 is 1.21 bits per heavy atom. The quantitative estimate of drug-likeness (QED) is 0.807. The topological polar surface area (TPSA) is 12.0 Å². The third kappa shape index (κ3) is 3.47. The van der Waals surface area contributed by atoms with Gasteiger partial charge in [-0.15, -0.1) is 0 Å². The van der Waals surface area contributed by atoms with E-state index in [0.717, 1.165) is 12.8 Å². The molecule has 19 heavy (non-hydrogen) atoms. The maximum absolute atomic E-state index is 12.7. The Bertz CT molecular complexity index is 410. The van der Waals surface area contributed by atoms with E-state index in [1.165, 1.54) is 11.1 Å². The number of aryl methyl sites for hydroxylation is 1. The van der Waals surface area contributed by atoms with Gasteiger partial charge in [-0.1, -0.05) is 29.8 Å². The molecule has 0 amide bonds. The lowest BCUT2D eigenvalue weighted by atomic mass is 9.75. The normalized spacial score (nSPS) is 23.5. The summed E-state index contributed by atoms with van der Waals surface area (Å²) in [7, 11) is 0. The first-order valence-corrected chi connectivity index (χ1v) is 6.34. The second-order valence-electron chi connectivity index (χ2n) is 5.22. The lowest BCUT2D eigenvalue weighted by molar-refractivity contribution is -0.127. The van der Waals surface area contributed by atoms with E-state index in [9.17, 15) is 17.6 Å². The highest BCUT2D eigenvalue weighted by atomic mass is 19.3. The molecule has 0 radical (unpaired) electrons. The summed E-state index contributed by atoms with van der Waals surface area (Å²) < 4.78 is 49.4. The summed E-state index contributed by atoms with van der Waals surface area (Å²) in [5.74, 6) is -3.59. The van der Waals surface area contributed by atoms with Crippen molar-refractivity contribution < 1.29 is 17.6 Å². The molecule has 1 aromatic rings. The molecule has 1 N–H and O–H groups in total. The van der Waals surface area contributed by atoms with Crippen molar-refractivity contribution in [2.45, 2.75) is 44.1 Å². The van der Waals surface area contributed by atoms with Crippen molar-refractivity contribution in [3.05, 3.63) is 35.4 Å². The molecule has 1 aliphatic carbocycles. The molecule has 106 valence electrons. The molecule has 1 aromatic carbocycles. The minimum Gasteiger partial charge on any atom is -0.308 e. The van der Waals surface area contributed by atoms with E-state index < -0.39 is 18.9 Å². The highest BCUT2D eigenvalue weighted by molar-refractivity contribution is 5.26. The van der Waals surface area contributed by atoms with Crippen molar-refractivity contribution in [3.63, 3.8) is 0 Å². The predicted octanol–water partition coefficient (Wildman–Crippen LogP) is 3.73. The average Bonchev–Trinajstić information content (AvgIpc) is 2.29. The number of hydrogen-bond donors (Lipinski definition) is 1. The number of rotatable bonds is 5. The van der Waals surface area contributed by atoms with Gasteiger partial charge in [-0.05, 0) is 31.2 Å². The molecular formula is C14H17F4N. The molecule has 0 saturated heterocycles. The number of hydrogen-bond acceptors (Lipinski definition) is 1. The average molecular weight is 275 g/mol. The van der Waals surface area contributed by atoms with Gasteiger partial charge in [0.2, 0.25) is 0 Å². The van der Waals surface area contributed by atoms with E-state index in [1.807, 2.05) is 31.2 Å². The maximum Gasteiger partial charge on any atom is 0.319 e. The van der Waals surface area contributed by atoms with Crippen LogP contribution in [0.25, 0.3) is 0 Å². The minimum atomic E-state index is -3.94. The molecule has 2 rings (SSSR count). The smallest absolute Gasteiger partial charge is 0.308 e. The zero-order valence-corrected chi connectivity index (χ0v) is 10.7. The second kappa shape index (κ2) is 5.49. The molecule has 1 nitrogen and oxygen atoms in total. The first-order valence-electron chi connectivity index (χ1n) is 6.34. The van der Waals surface area contributed by atoms with Crippen LogP contribution >= 0.6 is 0 Å². The number of benzene rings is 1. The summed E-state index contributed by atoms with van der Waals surface area (Å²) in [5.41, 5.74) is 2.36. The molecular weight excluding hydrogens is 258 g/mol. The van der Waals surface area contributed by atoms with E-state index in [-0.39, 0.29) is 6.04 Å². The molecule has 5 heteroatoms. The van der Waals surface area contributed by atoms with Gasteiger partial charge in [-0.3, -0.25) is 0 Å². The Kier molecular flexibility index (Phi) is 4.13. The van der Waals surface area contributed by atoms with Crippen LogP contribution in [0.15, 0.2) is 24.3 Å². The Balaban J connectivity index is 1.76. The molecule has 1 saturated carbocycles. The summed E-state index contributed by atoms with van der Waals surface area (Å²) in [6, 6.07) is 8.01. The van der Waals surface area contributed by atoms with Gasteiger partial charge >= 0.3 is 12.3 Å². The van der Waals surface area contributed by atoms with Gasteiger partial charge in [0.15, 0.2) is 0 Å². The third-order valence-electron chi connectivity index (χ3n) is 3.63. The fraction of sp³-hybridized carbons (Fsp3) is 0.571. The SMILES string of the molecule is Cc1ccc(C2CC(NCC(F)(F)C(F)F)C2)cc1. The van der Waals surface area contributed by atoms with Gasteiger partial charge in [0, 0.05) is 6.04 Å². The van der Waals surface area contributed by atoms with Crippen LogP contribution in [0, 0.1) is 6.92 Å². The number of halogens is 4. The fourth-order valence-electron chi connectivity index (χ4n) is 2.25. The molecule has 0 atom stereocenters. The molecule has 0 spiro atoms. The van der Waals surface area contributed by atoms with Crippen molar-refractivity contribution in [1.82, 2.24) is 5.32 Å². The van der Waals surface area contributed by atoms with Gasteiger partial charge in [0.1, 0.15) is 0 Å². The van der Waals surface area contributed by atoms with Crippen LogP contribution in [0.3, 0.4) is 0 Å². The Morgan fingerprint density at radius 3 is 2.32 bits per heavy atom. The van der Waals surface area contributed by atoms with Crippen LogP contribution in [0.2, 0.25) is 0 Å². The summed E-state index contributed by atoms with van der Waals surface area (Å²) in [6.07, 6.45) is -2.15. The third-order valence-corrected chi connectivity index (χ3v) is 3.63. The first-order chi connectivity index (χ1) is 8.88. The van der Waals surface area contributed by atoms with Gasteiger partial charge in [-0.25, -0.2) is 8.78 Å². The van der Waals surface area contributed by atoms with E-state index in [2.05, 4.69) is 5.32 Å². The summed E-state index contributed by atoms with van der Waals surface area (Å²) in [4.78, 5) is 0. The standard InChI is InChI=1S/C14H17F4N/c1-9-2-4-10(5-3-9)11-6-12(7-11)19-8-14(17,18)13(15)16/h2-5,11-13,19H,6-8H2,1H3. The Hall–Kier alpha value is -1.10. The van der Waals surface area contributed by atoms with E-state index in [0.29, 0.717) is 5.92 Å². The highest BCUT2D eigenvalue weighted by Gasteiger charge is 2.42. The first kappa shape index (κ1) is 14.3. The van der Waals surface area contributed by atoms with Gasteiger partial charge in [0.25, 0.3) is 0 Å². The van der Waals surface area contributed by atoms with E-state index >= 15 is 0 Å². The number of nitrogens with one attached hydrogen (secondary N) is 1. The second-order valence-corrected chi connectivity index (χ2v) is 5.22. The molecule has 1 fully saturated rings. The van der Waals surface area contributed by atoms with Crippen molar-refractivity contribution >= 4 is 0 Å². The van der Waals surface area contributed by atoms with Gasteiger partial charge in [0.05, 0.1) is 6.54 Å². The Morgan fingerprint density at radius 2 is 1.79 bits per heavy atom. The van der Waals surface area contributed by atoms with Crippen LogP contribution < -0.4 is 5.32 Å². The van der Waals surface area contributed by atoms with Gasteiger partial charge < -0.3 is 5.32 Å². The molecule has 0 aromatic heterocycles. The van der Waals surface area contributed by atoms with Crippen LogP contribution in [-0.4, -0.2) is 24.9 Å². The van der Waals surface area contributed by atoms with Crippen LogP contribution in [-0.2, 0) is 0 Å². The summed E-state index contributed by atoms with van der Waals surface area (Å²) >= 11 is 0. The fourth-order valence-corrected chi connectivity index (χ4v) is 2.25. The molecule has 0 heterocycles. The van der Waals surface area contributed by atoms with Crippen LogP contribution in [0.4, 0.5) is 17.6 Å².